The van der Waals surface area contributed by atoms with Crippen molar-refractivity contribution in [2.24, 2.45) is 0 Å². The molecule has 0 aliphatic carbocycles. The molecule has 0 bridgehead atoms. The van der Waals surface area contributed by atoms with Gasteiger partial charge in [-0.15, -0.1) is 5.10 Å². The molecule has 0 radical (unpaired) electrons. The van der Waals surface area contributed by atoms with Crippen molar-refractivity contribution in [1.82, 2.24) is 19.6 Å². The van der Waals surface area contributed by atoms with E-state index < -0.39 is 0 Å². The second-order valence-electron chi connectivity index (χ2n) is 1.96. The van der Waals surface area contributed by atoms with Crippen molar-refractivity contribution in [3.05, 3.63) is 17.4 Å². The molecule has 2 heterocycles. The van der Waals surface area contributed by atoms with Crippen LogP contribution in [-0.2, 0) is 0 Å². The predicted octanol–water partition coefficient (Wildman–Crippen LogP) is 0.360. The summed E-state index contributed by atoms with van der Waals surface area (Å²) < 4.78 is 1.46. The van der Waals surface area contributed by atoms with Crippen LogP contribution in [0, 0.1) is 0 Å². The van der Waals surface area contributed by atoms with Crippen molar-refractivity contribution in [1.29, 1.82) is 0 Å². The number of halogens is 1. The topological polar surface area (TPSA) is 69.1 Å². The molecule has 0 saturated carbocycles. The highest BCUT2D eigenvalue weighted by atomic mass is 35.5. The molecule has 0 aliphatic rings. The second kappa shape index (κ2) is 2.06. The van der Waals surface area contributed by atoms with Gasteiger partial charge in [0, 0.05) is 6.20 Å². The zero-order valence-corrected chi connectivity index (χ0v) is 6.15. The fourth-order valence-corrected chi connectivity index (χ4v) is 0.904. The molecule has 0 saturated heterocycles. The summed E-state index contributed by atoms with van der Waals surface area (Å²) in [5, 5.41) is 4.20. The van der Waals surface area contributed by atoms with Crippen LogP contribution in [0.15, 0.2) is 12.3 Å². The van der Waals surface area contributed by atoms with Gasteiger partial charge in [0.05, 0.1) is 0 Å². The van der Waals surface area contributed by atoms with Crippen molar-refractivity contribution in [3.8, 4) is 0 Å². The van der Waals surface area contributed by atoms with Gasteiger partial charge in [0.25, 0.3) is 5.78 Å². The zero-order valence-electron chi connectivity index (χ0n) is 5.40. The molecule has 56 valence electrons. The predicted molar refractivity (Wildman–Crippen MR) is 40.2 cm³/mol. The molecule has 0 unspecified atom stereocenters. The van der Waals surface area contributed by atoms with Crippen molar-refractivity contribution >= 4 is 23.3 Å². The fraction of sp³-hybridized carbons (Fsp3) is 0. The van der Waals surface area contributed by atoms with E-state index in [2.05, 4.69) is 15.1 Å². The van der Waals surface area contributed by atoms with Crippen LogP contribution >= 0.6 is 11.6 Å². The highest BCUT2D eigenvalue weighted by molar-refractivity contribution is 6.29. The number of nitrogens with two attached hydrogens (primary N) is 1. The van der Waals surface area contributed by atoms with E-state index in [1.165, 1.54) is 4.52 Å². The first-order valence-corrected chi connectivity index (χ1v) is 3.28. The molecule has 0 atom stereocenters. The summed E-state index contributed by atoms with van der Waals surface area (Å²) in [6.45, 7) is 0. The average molecular weight is 170 g/mol. The molecule has 0 amide bonds. The van der Waals surface area contributed by atoms with Crippen LogP contribution in [0.2, 0.25) is 5.15 Å². The lowest BCUT2D eigenvalue weighted by Crippen LogP contribution is -1.89. The maximum absolute atomic E-state index is 5.59. The molecular formula is C5H4ClN5. The molecule has 5 nitrogen and oxygen atoms in total. The highest BCUT2D eigenvalue weighted by Crippen LogP contribution is 2.05. The van der Waals surface area contributed by atoms with Crippen LogP contribution in [0.5, 0.6) is 0 Å². The summed E-state index contributed by atoms with van der Waals surface area (Å²) >= 11 is 5.59. The van der Waals surface area contributed by atoms with Gasteiger partial charge in [-0.05, 0) is 6.07 Å². The minimum Gasteiger partial charge on any atom is -0.366 e. The summed E-state index contributed by atoms with van der Waals surface area (Å²) in [6, 6.07) is 1.61. The van der Waals surface area contributed by atoms with E-state index in [4.69, 9.17) is 17.3 Å². The Bertz CT molecular complexity index is 395. The molecule has 0 spiro atoms. The molecule has 0 aromatic carbocycles. The normalized spacial score (nSPS) is 10.6. The van der Waals surface area contributed by atoms with Gasteiger partial charge in [0.15, 0.2) is 0 Å². The lowest BCUT2D eigenvalue weighted by Gasteiger charge is -1.87. The summed E-state index contributed by atoms with van der Waals surface area (Å²) in [4.78, 5) is 7.68. The first-order chi connectivity index (χ1) is 5.25. The SMILES string of the molecule is Nc1nc2nc(Cl)ccn2n1. The first kappa shape index (κ1) is 6.36. The minimum atomic E-state index is 0.194. The number of nitrogen functional groups attached to an aromatic ring is 1. The largest absolute Gasteiger partial charge is 0.366 e. The van der Waals surface area contributed by atoms with Crippen LogP contribution in [0.25, 0.3) is 5.78 Å². The molecular weight excluding hydrogens is 166 g/mol. The van der Waals surface area contributed by atoms with Gasteiger partial charge >= 0.3 is 0 Å². The quantitative estimate of drug-likeness (QED) is 0.579. The third-order valence-electron chi connectivity index (χ3n) is 1.19. The first-order valence-electron chi connectivity index (χ1n) is 2.90. The van der Waals surface area contributed by atoms with Gasteiger partial charge in [-0.3, -0.25) is 0 Å². The van der Waals surface area contributed by atoms with Crippen LogP contribution in [-0.4, -0.2) is 19.6 Å². The summed E-state index contributed by atoms with van der Waals surface area (Å²) in [5.74, 6) is 0.606. The average Bonchev–Trinajstić information content (AvgIpc) is 2.27. The lowest BCUT2D eigenvalue weighted by molar-refractivity contribution is 0.944. The Morgan fingerprint density at radius 2 is 2.27 bits per heavy atom. The van der Waals surface area contributed by atoms with E-state index in [1.54, 1.807) is 12.3 Å². The van der Waals surface area contributed by atoms with Crippen molar-refractivity contribution in [2.75, 3.05) is 5.73 Å². The van der Waals surface area contributed by atoms with E-state index in [9.17, 15) is 0 Å². The van der Waals surface area contributed by atoms with E-state index in [1.807, 2.05) is 0 Å². The second-order valence-corrected chi connectivity index (χ2v) is 2.35. The maximum Gasteiger partial charge on any atom is 0.255 e. The van der Waals surface area contributed by atoms with Gasteiger partial charge in [-0.1, -0.05) is 11.6 Å². The fourth-order valence-electron chi connectivity index (χ4n) is 0.772. The Morgan fingerprint density at radius 3 is 3.09 bits per heavy atom. The molecule has 0 fully saturated rings. The summed E-state index contributed by atoms with van der Waals surface area (Å²) in [7, 11) is 0. The summed E-state index contributed by atoms with van der Waals surface area (Å²) in [6.07, 6.45) is 1.65. The Labute approximate surface area is 66.8 Å². The maximum atomic E-state index is 5.59. The van der Waals surface area contributed by atoms with Gasteiger partial charge in [0.1, 0.15) is 5.15 Å². The van der Waals surface area contributed by atoms with Crippen molar-refractivity contribution < 1.29 is 0 Å². The van der Waals surface area contributed by atoms with Crippen LogP contribution in [0.4, 0.5) is 5.95 Å². The van der Waals surface area contributed by atoms with E-state index in [-0.39, 0.29) is 5.95 Å². The van der Waals surface area contributed by atoms with E-state index >= 15 is 0 Å². The van der Waals surface area contributed by atoms with E-state index in [0.29, 0.717) is 10.9 Å². The Hall–Kier alpha value is -1.36. The molecule has 0 aliphatic heterocycles. The van der Waals surface area contributed by atoms with Crippen molar-refractivity contribution in [3.63, 3.8) is 0 Å². The third-order valence-corrected chi connectivity index (χ3v) is 1.40. The van der Waals surface area contributed by atoms with Crippen LogP contribution in [0.3, 0.4) is 0 Å². The van der Waals surface area contributed by atoms with Crippen molar-refractivity contribution in [2.45, 2.75) is 0 Å². The van der Waals surface area contributed by atoms with E-state index in [0.717, 1.165) is 0 Å². The molecule has 2 aromatic rings. The minimum absolute atomic E-state index is 0.194. The van der Waals surface area contributed by atoms with Gasteiger partial charge in [0.2, 0.25) is 5.95 Å². The Kier molecular flexibility index (Phi) is 1.19. The standard InChI is InChI=1S/C5H4ClN5/c6-3-1-2-11-5(8-3)9-4(7)10-11/h1-2H,(H2,7,10). The molecule has 2 rings (SSSR count). The lowest BCUT2D eigenvalue weighted by atomic mass is 10.7. The Balaban J connectivity index is 2.82. The molecule has 11 heavy (non-hydrogen) atoms. The van der Waals surface area contributed by atoms with Crippen LogP contribution < -0.4 is 5.73 Å². The third kappa shape index (κ3) is 0.988. The monoisotopic (exact) mass is 169 g/mol. The van der Waals surface area contributed by atoms with Crippen LogP contribution in [0.1, 0.15) is 0 Å². The number of anilines is 1. The zero-order chi connectivity index (χ0) is 7.84. The summed E-state index contributed by atoms with van der Waals surface area (Å²) in [5.41, 5.74) is 5.31. The number of rotatable bonds is 0. The Morgan fingerprint density at radius 1 is 1.45 bits per heavy atom. The smallest absolute Gasteiger partial charge is 0.255 e. The highest BCUT2D eigenvalue weighted by Gasteiger charge is 1.99. The number of hydrogen-bond donors (Lipinski definition) is 1. The van der Waals surface area contributed by atoms with Gasteiger partial charge in [-0.25, -0.2) is 4.52 Å². The number of nitrogens with zero attached hydrogens (tertiary/aromatic N) is 4. The van der Waals surface area contributed by atoms with Gasteiger partial charge < -0.3 is 5.73 Å². The number of fused-ring (bicyclic) bond motifs is 1. The number of aromatic nitrogens is 4. The number of hydrogen-bond acceptors (Lipinski definition) is 4. The molecule has 2 aromatic heterocycles. The molecule has 6 heteroatoms. The molecule has 2 N–H and O–H groups in total. The van der Waals surface area contributed by atoms with Gasteiger partial charge in [-0.2, -0.15) is 9.97 Å².